The number of anilines is 1. The van der Waals surface area contributed by atoms with E-state index in [-0.39, 0.29) is 0 Å². The molecule has 3 aromatic rings. The molecule has 136 valence electrons. The van der Waals surface area contributed by atoms with Crippen LogP contribution < -0.4 is 9.64 Å². The molecule has 1 saturated heterocycles. The number of methoxy groups -OCH3 is 1. The molecule has 1 atom stereocenters. The zero-order chi connectivity index (χ0) is 18.1. The predicted octanol–water partition coefficient (Wildman–Crippen LogP) is 3.37. The van der Waals surface area contributed by atoms with Gasteiger partial charge >= 0.3 is 0 Å². The van der Waals surface area contributed by atoms with Gasteiger partial charge in [0.05, 0.1) is 31.2 Å². The summed E-state index contributed by atoms with van der Waals surface area (Å²) in [6.07, 6.45) is 6.03. The van der Waals surface area contributed by atoms with Crippen LogP contribution in [0.15, 0.2) is 36.7 Å². The summed E-state index contributed by atoms with van der Waals surface area (Å²) in [7, 11) is 5.70. The SMILES string of the molecule is COc1ccc2[nH]c(CN3CCC[C@H]3c3cncc(N(C)C)n3)cc2c1. The molecule has 1 aromatic carbocycles. The van der Waals surface area contributed by atoms with E-state index in [0.29, 0.717) is 6.04 Å². The van der Waals surface area contributed by atoms with Crippen molar-refractivity contribution < 1.29 is 4.74 Å². The van der Waals surface area contributed by atoms with Crippen molar-refractivity contribution in [3.05, 3.63) is 48.0 Å². The number of nitrogens with zero attached hydrogens (tertiary/aromatic N) is 4. The molecule has 0 spiro atoms. The van der Waals surface area contributed by atoms with E-state index in [4.69, 9.17) is 9.72 Å². The number of H-pyrrole nitrogens is 1. The second-order valence-electron chi connectivity index (χ2n) is 7.07. The smallest absolute Gasteiger partial charge is 0.146 e. The average molecular weight is 351 g/mol. The monoisotopic (exact) mass is 351 g/mol. The van der Waals surface area contributed by atoms with Gasteiger partial charge in [-0.05, 0) is 43.7 Å². The number of rotatable bonds is 5. The van der Waals surface area contributed by atoms with Crippen molar-refractivity contribution in [2.45, 2.75) is 25.4 Å². The third kappa shape index (κ3) is 3.24. The van der Waals surface area contributed by atoms with Gasteiger partial charge in [0.15, 0.2) is 0 Å². The van der Waals surface area contributed by atoms with E-state index in [1.807, 2.05) is 37.5 Å². The Kier molecular flexibility index (Phi) is 4.51. The van der Waals surface area contributed by atoms with Crippen molar-refractivity contribution in [2.24, 2.45) is 0 Å². The second-order valence-corrected chi connectivity index (χ2v) is 7.07. The van der Waals surface area contributed by atoms with Gasteiger partial charge in [-0.25, -0.2) is 4.98 Å². The lowest BCUT2D eigenvalue weighted by Crippen LogP contribution is -2.24. The lowest BCUT2D eigenvalue weighted by molar-refractivity contribution is 0.242. The Labute approximate surface area is 153 Å². The van der Waals surface area contributed by atoms with Crippen LogP contribution in [0.4, 0.5) is 5.82 Å². The number of likely N-dealkylation sites (tertiary alicyclic amines) is 1. The minimum atomic E-state index is 0.323. The molecule has 0 amide bonds. The molecule has 1 aliphatic rings. The molecule has 3 heterocycles. The van der Waals surface area contributed by atoms with E-state index in [1.54, 1.807) is 7.11 Å². The third-order valence-electron chi connectivity index (χ3n) is 5.06. The summed E-state index contributed by atoms with van der Waals surface area (Å²) < 4.78 is 5.33. The molecular weight excluding hydrogens is 326 g/mol. The Hall–Kier alpha value is -2.60. The third-order valence-corrected chi connectivity index (χ3v) is 5.06. The maximum absolute atomic E-state index is 5.33. The van der Waals surface area contributed by atoms with Crippen LogP contribution in [0.2, 0.25) is 0 Å². The molecule has 0 saturated carbocycles. The second kappa shape index (κ2) is 6.96. The van der Waals surface area contributed by atoms with Crippen molar-refractivity contribution in [2.75, 3.05) is 32.6 Å². The highest BCUT2D eigenvalue weighted by molar-refractivity contribution is 5.81. The van der Waals surface area contributed by atoms with E-state index >= 15 is 0 Å². The summed E-state index contributed by atoms with van der Waals surface area (Å²) >= 11 is 0. The number of hydrogen-bond acceptors (Lipinski definition) is 5. The van der Waals surface area contributed by atoms with E-state index < -0.39 is 0 Å². The largest absolute Gasteiger partial charge is 0.497 e. The van der Waals surface area contributed by atoms with Crippen LogP contribution in [0.25, 0.3) is 10.9 Å². The summed E-state index contributed by atoms with van der Waals surface area (Å²) in [4.78, 5) is 17.2. The van der Waals surface area contributed by atoms with Gasteiger partial charge in [-0.2, -0.15) is 0 Å². The van der Waals surface area contributed by atoms with Crippen LogP contribution in [-0.4, -0.2) is 47.6 Å². The predicted molar refractivity (Wildman–Crippen MR) is 104 cm³/mol. The van der Waals surface area contributed by atoms with Crippen LogP contribution in [0.1, 0.15) is 30.3 Å². The number of nitrogens with one attached hydrogen (secondary N) is 1. The molecule has 1 fully saturated rings. The highest BCUT2D eigenvalue weighted by Crippen LogP contribution is 2.33. The molecule has 6 heteroatoms. The van der Waals surface area contributed by atoms with E-state index in [2.05, 4.69) is 33.1 Å². The Morgan fingerprint density at radius 1 is 1.27 bits per heavy atom. The highest BCUT2D eigenvalue weighted by Gasteiger charge is 2.28. The number of aromatic nitrogens is 3. The van der Waals surface area contributed by atoms with Gasteiger partial charge in [0.1, 0.15) is 11.6 Å². The summed E-state index contributed by atoms with van der Waals surface area (Å²) in [5.41, 5.74) is 3.43. The van der Waals surface area contributed by atoms with Gasteiger partial charge in [-0.15, -0.1) is 0 Å². The lowest BCUT2D eigenvalue weighted by Gasteiger charge is -2.24. The van der Waals surface area contributed by atoms with Gasteiger partial charge in [0.25, 0.3) is 0 Å². The van der Waals surface area contributed by atoms with Crippen LogP contribution in [-0.2, 0) is 6.54 Å². The molecule has 1 N–H and O–H groups in total. The minimum Gasteiger partial charge on any atom is -0.497 e. The normalized spacial score (nSPS) is 17.7. The fraction of sp³-hybridized carbons (Fsp3) is 0.400. The minimum absolute atomic E-state index is 0.323. The zero-order valence-corrected chi connectivity index (χ0v) is 15.6. The van der Waals surface area contributed by atoms with Crippen molar-refractivity contribution in [3.63, 3.8) is 0 Å². The Balaban J connectivity index is 1.56. The molecule has 4 rings (SSSR count). The molecule has 0 radical (unpaired) electrons. The van der Waals surface area contributed by atoms with Gasteiger partial charge in [-0.3, -0.25) is 9.88 Å². The van der Waals surface area contributed by atoms with Crippen molar-refractivity contribution >= 4 is 16.7 Å². The van der Waals surface area contributed by atoms with Crippen LogP contribution in [0.3, 0.4) is 0 Å². The first kappa shape index (κ1) is 16.8. The summed E-state index contributed by atoms with van der Waals surface area (Å²) in [5.74, 6) is 1.80. The summed E-state index contributed by atoms with van der Waals surface area (Å²) in [6, 6.07) is 8.68. The number of ether oxygens (including phenoxy) is 1. The van der Waals surface area contributed by atoms with Crippen molar-refractivity contribution in [1.82, 2.24) is 19.9 Å². The quantitative estimate of drug-likeness (QED) is 0.764. The zero-order valence-electron chi connectivity index (χ0n) is 15.6. The van der Waals surface area contributed by atoms with Crippen LogP contribution in [0.5, 0.6) is 5.75 Å². The maximum atomic E-state index is 5.33. The maximum Gasteiger partial charge on any atom is 0.146 e. The topological polar surface area (TPSA) is 57.3 Å². The van der Waals surface area contributed by atoms with Gasteiger partial charge < -0.3 is 14.6 Å². The van der Waals surface area contributed by atoms with E-state index in [0.717, 1.165) is 42.3 Å². The van der Waals surface area contributed by atoms with Gasteiger partial charge in [0.2, 0.25) is 0 Å². The molecule has 0 bridgehead atoms. The van der Waals surface area contributed by atoms with E-state index in [1.165, 1.54) is 17.5 Å². The molecule has 0 aliphatic carbocycles. The van der Waals surface area contributed by atoms with Crippen LogP contribution >= 0.6 is 0 Å². The molecule has 1 aliphatic heterocycles. The van der Waals surface area contributed by atoms with Crippen LogP contribution in [0, 0.1) is 0 Å². The first-order valence-corrected chi connectivity index (χ1v) is 9.03. The average Bonchev–Trinajstić information content (AvgIpc) is 3.27. The lowest BCUT2D eigenvalue weighted by atomic mass is 10.1. The standard InChI is InChI=1S/C20H25N5O/c1-24(2)20-12-21-11-18(23-20)19-5-4-8-25(19)13-15-9-14-10-16(26-3)6-7-17(14)22-15/h6-7,9-12,19,22H,4-5,8,13H2,1-3H3/t19-/m0/s1. The number of aromatic amines is 1. The van der Waals surface area contributed by atoms with Gasteiger partial charge in [-0.1, -0.05) is 0 Å². The van der Waals surface area contributed by atoms with Crippen molar-refractivity contribution in [1.29, 1.82) is 0 Å². The fourth-order valence-electron chi connectivity index (χ4n) is 3.70. The highest BCUT2D eigenvalue weighted by atomic mass is 16.5. The number of fused-ring (bicyclic) bond motifs is 1. The summed E-state index contributed by atoms with van der Waals surface area (Å²) in [6.45, 7) is 1.97. The first-order valence-electron chi connectivity index (χ1n) is 9.03. The number of benzene rings is 1. The van der Waals surface area contributed by atoms with Crippen molar-refractivity contribution in [3.8, 4) is 5.75 Å². The molecule has 2 aromatic heterocycles. The van der Waals surface area contributed by atoms with E-state index in [9.17, 15) is 0 Å². The molecule has 6 nitrogen and oxygen atoms in total. The number of hydrogen-bond donors (Lipinski definition) is 1. The molecule has 0 unspecified atom stereocenters. The van der Waals surface area contributed by atoms with Gasteiger partial charge in [0, 0.05) is 37.2 Å². The first-order chi connectivity index (χ1) is 12.6. The Morgan fingerprint density at radius 3 is 2.96 bits per heavy atom. The molecule has 26 heavy (non-hydrogen) atoms. The molecular formula is C20H25N5O. The Bertz CT molecular complexity index is 904. The fourth-order valence-corrected chi connectivity index (χ4v) is 3.70. The summed E-state index contributed by atoms with van der Waals surface area (Å²) in [5, 5.41) is 1.18. The Morgan fingerprint density at radius 2 is 2.15 bits per heavy atom.